The van der Waals surface area contributed by atoms with Crippen LogP contribution in [-0.4, -0.2) is 22.4 Å². The summed E-state index contributed by atoms with van der Waals surface area (Å²) in [4.78, 5) is 25.0. The standard InChI is InChI=1S/C20H22N4O2S/c1-14(2)15-5-7-16(8-6-15)22-20(26)21-11-12-24-19(25)10-9-17(23-24)18-4-3-13-27-18/h3-10,13-14H,11-12H2,1-2H3,(H2,21,22,26). The lowest BCUT2D eigenvalue weighted by atomic mass is 10.0. The van der Waals surface area contributed by atoms with Crippen molar-refractivity contribution in [2.24, 2.45) is 0 Å². The number of aromatic nitrogens is 2. The summed E-state index contributed by atoms with van der Waals surface area (Å²) in [6.45, 7) is 4.85. The van der Waals surface area contributed by atoms with Crippen LogP contribution in [0.1, 0.15) is 25.3 Å². The first kappa shape index (κ1) is 18.8. The molecule has 0 saturated carbocycles. The van der Waals surface area contributed by atoms with E-state index in [2.05, 4.69) is 29.6 Å². The third kappa shape index (κ3) is 5.04. The molecule has 0 unspecified atom stereocenters. The van der Waals surface area contributed by atoms with Crippen LogP contribution in [0, 0.1) is 0 Å². The molecular formula is C20H22N4O2S. The van der Waals surface area contributed by atoms with Crippen molar-refractivity contribution in [2.75, 3.05) is 11.9 Å². The van der Waals surface area contributed by atoms with Crippen LogP contribution in [-0.2, 0) is 6.54 Å². The minimum Gasteiger partial charge on any atom is -0.336 e. The maximum absolute atomic E-state index is 12.0. The summed E-state index contributed by atoms with van der Waals surface area (Å²) >= 11 is 1.57. The number of urea groups is 1. The lowest BCUT2D eigenvalue weighted by molar-refractivity contribution is 0.251. The van der Waals surface area contributed by atoms with Gasteiger partial charge in [0.2, 0.25) is 0 Å². The molecule has 0 atom stereocenters. The number of anilines is 1. The van der Waals surface area contributed by atoms with Gasteiger partial charge < -0.3 is 10.6 Å². The molecule has 0 aliphatic rings. The third-order valence-electron chi connectivity index (χ3n) is 4.08. The Balaban J connectivity index is 1.54. The molecule has 0 aliphatic heterocycles. The normalized spacial score (nSPS) is 10.8. The largest absolute Gasteiger partial charge is 0.336 e. The smallest absolute Gasteiger partial charge is 0.319 e. The van der Waals surface area contributed by atoms with Crippen LogP contribution in [0.25, 0.3) is 10.6 Å². The number of rotatable bonds is 6. The van der Waals surface area contributed by atoms with Crippen LogP contribution in [0.2, 0.25) is 0 Å². The number of hydrogen-bond acceptors (Lipinski definition) is 4. The Morgan fingerprint density at radius 2 is 1.93 bits per heavy atom. The van der Waals surface area contributed by atoms with E-state index >= 15 is 0 Å². The quantitative estimate of drug-likeness (QED) is 0.678. The first-order valence-corrected chi connectivity index (χ1v) is 9.68. The predicted octanol–water partition coefficient (Wildman–Crippen LogP) is 3.92. The van der Waals surface area contributed by atoms with Crippen molar-refractivity contribution in [3.8, 4) is 10.6 Å². The van der Waals surface area contributed by atoms with E-state index in [0.717, 1.165) is 16.3 Å². The maximum Gasteiger partial charge on any atom is 0.319 e. The first-order chi connectivity index (χ1) is 13.0. The lowest BCUT2D eigenvalue weighted by Crippen LogP contribution is -2.34. The number of carbonyl (C=O) groups is 1. The zero-order chi connectivity index (χ0) is 19.2. The van der Waals surface area contributed by atoms with Crippen molar-refractivity contribution < 1.29 is 4.79 Å². The monoisotopic (exact) mass is 382 g/mol. The van der Waals surface area contributed by atoms with Crippen LogP contribution in [0.4, 0.5) is 10.5 Å². The van der Waals surface area contributed by atoms with Gasteiger partial charge in [0.15, 0.2) is 0 Å². The van der Waals surface area contributed by atoms with Crippen LogP contribution in [0.15, 0.2) is 58.7 Å². The fraction of sp³-hybridized carbons (Fsp3) is 0.250. The Morgan fingerprint density at radius 3 is 2.59 bits per heavy atom. The predicted molar refractivity (Wildman–Crippen MR) is 109 cm³/mol. The highest BCUT2D eigenvalue weighted by Crippen LogP contribution is 2.21. The number of carbonyl (C=O) groups excluding carboxylic acids is 1. The summed E-state index contributed by atoms with van der Waals surface area (Å²) < 4.78 is 1.37. The second-order valence-corrected chi connectivity index (χ2v) is 7.36. The SMILES string of the molecule is CC(C)c1ccc(NC(=O)NCCn2nc(-c3cccs3)ccc2=O)cc1. The molecule has 3 aromatic rings. The molecule has 0 spiro atoms. The molecule has 140 valence electrons. The van der Waals surface area contributed by atoms with Crippen molar-refractivity contribution in [3.63, 3.8) is 0 Å². The van der Waals surface area contributed by atoms with Crippen molar-refractivity contribution in [3.05, 3.63) is 69.8 Å². The van der Waals surface area contributed by atoms with Gasteiger partial charge in [0.1, 0.15) is 5.69 Å². The second-order valence-electron chi connectivity index (χ2n) is 6.41. The van der Waals surface area contributed by atoms with Crippen LogP contribution < -0.4 is 16.2 Å². The van der Waals surface area contributed by atoms with Crippen LogP contribution in [0.3, 0.4) is 0 Å². The zero-order valence-electron chi connectivity index (χ0n) is 15.3. The number of nitrogens with one attached hydrogen (secondary N) is 2. The number of amides is 2. The van der Waals surface area contributed by atoms with Gasteiger partial charge in [-0.1, -0.05) is 32.0 Å². The summed E-state index contributed by atoms with van der Waals surface area (Å²) in [5.41, 5.74) is 2.50. The molecule has 0 aliphatic carbocycles. The van der Waals surface area contributed by atoms with Gasteiger partial charge in [0.05, 0.1) is 11.4 Å². The Bertz CT molecular complexity index is 947. The highest BCUT2D eigenvalue weighted by atomic mass is 32.1. The molecule has 2 amide bonds. The van der Waals surface area contributed by atoms with E-state index < -0.39 is 0 Å². The van der Waals surface area contributed by atoms with Gasteiger partial charge >= 0.3 is 6.03 Å². The molecule has 0 saturated heterocycles. The van der Waals surface area contributed by atoms with E-state index in [1.54, 1.807) is 17.4 Å². The molecule has 1 aromatic carbocycles. The summed E-state index contributed by atoms with van der Waals surface area (Å²) in [6.07, 6.45) is 0. The third-order valence-corrected chi connectivity index (χ3v) is 4.98. The fourth-order valence-electron chi connectivity index (χ4n) is 2.57. The van der Waals surface area contributed by atoms with Crippen molar-refractivity contribution >= 4 is 23.1 Å². The average molecular weight is 382 g/mol. The van der Waals surface area contributed by atoms with Gasteiger partial charge in [-0.25, -0.2) is 9.48 Å². The van der Waals surface area contributed by atoms with Crippen molar-refractivity contribution in [2.45, 2.75) is 26.3 Å². The van der Waals surface area contributed by atoms with E-state index in [4.69, 9.17) is 0 Å². The Morgan fingerprint density at radius 1 is 1.15 bits per heavy atom. The van der Waals surface area contributed by atoms with Gasteiger partial charge in [-0.2, -0.15) is 5.10 Å². The van der Waals surface area contributed by atoms with Gasteiger partial charge in [0, 0.05) is 18.3 Å². The van der Waals surface area contributed by atoms with E-state index in [1.807, 2.05) is 41.8 Å². The highest BCUT2D eigenvalue weighted by Gasteiger charge is 2.06. The summed E-state index contributed by atoms with van der Waals surface area (Å²) in [7, 11) is 0. The topological polar surface area (TPSA) is 76.0 Å². The Hall–Kier alpha value is -2.93. The molecule has 2 aromatic heterocycles. The summed E-state index contributed by atoms with van der Waals surface area (Å²) in [5.74, 6) is 0.448. The first-order valence-electron chi connectivity index (χ1n) is 8.80. The zero-order valence-corrected chi connectivity index (χ0v) is 16.1. The van der Waals surface area contributed by atoms with E-state index in [1.165, 1.54) is 16.3 Å². The molecule has 0 radical (unpaired) electrons. The molecular weight excluding hydrogens is 360 g/mol. The van der Waals surface area contributed by atoms with E-state index in [0.29, 0.717) is 19.0 Å². The average Bonchev–Trinajstić information content (AvgIpc) is 3.18. The molecule has 2 N–H and O–H groups in total. The van der Waals surface area contributed by atoms with Gasteiger partial charge in [0.25, 0.3) is 5.56 Å². The minimum atomic E-state index is -0.310. The molecule has 2 heterocycles. The number of nitrogens with zero attached hydrogens (tertiary/aromatic N) is 2. The molecule has 0 bridgehead atoms. The molecule has 6 nitrogen and oxygen atoms in total. The molecule has 27 heavy (non-hydrogen) atoms. The summed E-state index contributed by atoms with van der Waals surface area (Å²) in [5, 5.41) is 11.9. The molecule has 0 fully saturated rings. The van der Waals surface area contributed by atoms with Crippen molar-refractivity contribution in [1.29, 1.82) is 0 Å². The number of hydrogen-bond donors (Lipinski definition) is 2. The Kier molecular flexibility index (Phi) is 6.03. The minimum absolute atomic E-state index is 0.193. The molecule has 7 heteroatoms. The Labute approximate surface area is 161 Å². The van der Waals surface area contributed by atoms with Gasteiger partial charge in [-0.3, -0.25) is 4.79 Å². The molecule has 3 rings (SSSR count). The number of thiophene rings is 1. The number of benzene rings is 1. The van der Waals surface area contributed by atoms with Crippen LogP contribution >= 0.6 is 11.3 Å². The van der Waals surface area contributed by atoms with E-state index in [9.17, 15) is 9.59 Å². The summed E-state index contributed by atoms with van der Waals surface area (Å²) in [6, 6.07) is 14.6. The van der Waals surface area contributed by atoms with E-state index in [-0.39, 0.29) is 11.6 Å². The maximum atomic E-state index is 12.0. The second kappa shape index (κ2) is 8.64. The van der Waals surface area contributed by atoms with Crippen LogP contribution in [0.5, 0.6) is 0 Å². The highest BCUT2D eigenvalue weighted by molar-refractivity contribution is 7.13. The van der Waals surface area contributed by atoms with Gasteiger partial charge in [-0.05, 0) is 41.1 Å². The lowest BCUT2D eigenvalue weighted by Gasteiger charge is -2.10. The fourth-order valence-corrected chi connectivity index (χ4v) is 3.26. The van der Waals surface area contributed by atoms with Crippen molar-refractivity contribution in [1.82, 2.24) is 15.1 Å². The van der Waals surface area contributed by atoms with Gasteiger partial charge in [-0.15, -0.1) is 11.3 Å².